The highest BCUT2D eigenvalue weighted by atomic mass is 16.4. The molecule has 3 aliphatic carbocycles. The molecule has 0 unspecified atom stereocenters. The van der Waals surface area contributed by atoms with Crippen molar-refractivity contribution in [1.29, 1.82) is 0 Å². The van der Waals surface area contributed by atoms with Gasteiger partial charge < -0.3 is 15.3 Å². The fraction of sp³-hybridized carbons (Fsp3) is 0.500. The predicted molar refractivity (Wildman–Crippen MR) is 74.4 cm³/mol. The highest BCUT2D eigenvalue weighted by molar-refractivity contribution is 5.99. The summed E-state index contributed by atoms with van der Waals surface area (Å²) >= 11 is 0. The van der Waals surface area contributed by atoms with Gasteiger partial charge in [0.25, 0.3) is 0 Å². The number of ketones is 1. The number of Topliss-reactive ketones (excluding diaryl/α,β-unsaturated/α-hetero) is 1. The average molecular weight is 290 g/mol. The summed E-state index contributed by atoms with van der Waals surface area (Å²) in [6.45, 7) is 1.86. The van der Waals surface area contributed by atoms with Gasteiger partial charge in [-0.3, -0.25) is 4.79 Å². The van der Waals surface area contributed by atoms with Crippen LogP contribution in [0, 0.1) is 11.3 Å². The highest BCUT2D eigenvalue weighted by Crippen LogP contribution is 2.52. The molecule has 21 heavy (non-hydrogen) atoms. The second-order valence-corrected chi connectivity index (χ2v) is 6.31. The summed E-state index contributed by atoms with van der Waals surface area (Å²) in [6, 6.07) is 0. The van der Waals surface area contributed by atoms with E-state index in [0.717, 1.165) is 0 Å². The third kappa shape index (κ3) is 2.00. The van der Waals surface area contributed by atoms with Crippen LogP contribution in [-0.2, 0) is 9.59 Å². The van der Waals surface area contributed by atoms with Crippen LogP contribution < -0.4 is 0 Å². The van der Waals surface area contributed by atoms with Gasteiger partial charge in [0, 0.05) is 23.5 Å². The topological polar surface area (TPSA) is 94.8 Å². The molecule has 3 rings (SSSR count). The minimum absolute atomic E-state index is 0.118. The smallest absolute Gasteiger partial charge is 0.331 e. The van der Waals surface area contributed by atoms with Crippen LogP contribution in [0.5, 0.6) is 0 Å². The number of allylic oxidation sites excluding steroid dienone is 3. The van der Waals surface area contributed by atoms with Crippen LogP contribution in [0.25, 0.3) is 0 Å². The van der Waals surface area contributed by atoms with E-state index in [9.17, 15) is 24.9 Å². The SMILES string of the molecule is C[C@]12C=CC=C(C(=O)O)[C@@H]1[C@H](O)C1=C(C2)[C@@H](O)CCC1=O. The third-order valence-electron chi connectivity index (χ3n) is 4.92. The molecule has 0 aliphatic heterocycles. The number of aliphatic hydroxyl groups is 2. The van der Waals surface area contributed by atoms with E-state index >= 15 is 0 Å². The van der Waals surface area contributed by atoms with E-state index in [1.54, 1.807) is 6.08 Å². The van der Waals surface area contributed by atoms with Gasteiger partial charge in [-0.25, -0.2) is 4.79 Å². The zero-order valence-corrected chi connectivity index (χ0v) is 11.7. The van der Waals surface area contributed by atoms with Crippen molar-refractivity contribution in [3.63, 3.8) is 0 Å². The minimum atomic E-state index is -1.17. The largest absolute Gasteiger partial charge is 0.478 e. The first-order valence-corrected chi connectivity index (χ1v) is 7.10. The van der Waals surface area contributed by atoms with E-state index in [2.05, 4.69) is 0 Å². The van der Waals surface area contributed by atoms with Crippen molar-refractivity contribution in [1.82, 2.24) is 0 Å². The van der Waals surface area contributed by atoms with Crippen LogP contribution >= 0.6 is 0 Å². The Morgan fingerprint density at radius 1 is 1.38 bits per heavy atom. The van der Waals surface area contributed by atoms with Crippen molar-refractivity contribution >= 4 is 11.8 Å². The number of carbonyl (C=O) groups excluding carboxylic acids is 1. The van der Waals surface area contributed by atoms with Gasteiger partial charge in [-0.2, -0.15) is 0 Å². The van der Waals surface area contributed by atoms with E-state index in [4.69, 9.17) is 0 Å². The van der Waals surface area contributed by atoms with E-state index in [-0.39, 0.29) is 23.4 Å². The third-order valence-corrected chi connectivity index (χ3v) is 4.92. The number of carbonyl (C=O) groups is 2. The molecule has 0 saturated heterocycles. The van der Waals surface area contributed by atoms with Gasteiger partial charge >= 0.3 is 5.97 Å². The Balaban J connectivity index is 2.14. The van der Waals surface area contributed by atoms with Gasteiger partial charge in [0.15, 0.2) is 5.78 Å². The summed E-state index contributed by atoms with van der Waals surface area (Å²) in [5.74, 6) is -1.92. The second-order valence-electron chi connectivity index (χ2n) is 6.31. The summed E-state index contributed by atoms with van der Waals surface area (Å²) in [6.07, 6.45) is 4.09. The standard InChI is InChI=1S/C16H18O5/c1-16-6-2-3-8(15(20)21)13(16)14(19)12-9(7-16)10(17)4-5-11(12)18/h2-3,6,10,13-14,17,19H,4-5,7H2,1H3,(H,20,21)/t10-,13+,14+,16+/m0/s1. The Labute approximate surface area is 122 Å². The van der Waals surface area contributed by atoms with E-state index in [1.165, 1.54) is 6.08 Å². The number of aliphatic carboxylic acids is 1. The lowest BCUT2D eigenvalue weighted by Crippen LogP contribution is -2.48. The molecule has 3 aliphatic rings. The zero-order chi connectivity index (χ0) is 15.4. The van der Waals surface area contributed by atoms with Crippen LogP contribution in [-0.4, -0.2) is 39.3 Å². The maximum Gasteiger partial charge on any atom is 0.331 e. The van der Waals surface area contributed by atoms with E-state index in [0.29, 0.717) is 18.4 Å². The molecule has 3 N–H and O–H groups in total. The van der Waals surface area contributed by atoms with Crippen molar-refractivity contribution < 1.29 is 24.9 Å². The number of aliphatic hydroxyl groups excluding tert-OH is 2. The van der Waals surface area contributed by atoms with Crippen LogP contribution in [0.3, 0.4) is 0 Å². The maximum absolute atomic E-state index is 12.1. The van der Waals surface area contributed by atoms with Crippen molar-refractivity contribution in [2.75, 3.05) is 0 Å². The summed E-state index contributed by atoms with van der Waals surface area (Å²) in [5, 5.41) is 30.1. The Bertz CT molecular complexity index is 612. The first kappa shape index (κ1) is 14.2. The quantitative estimate of drug-likeness (QED) is 0.669. The van der Waals surface area contributed by atoms with Gasteiger partial charge in [0.05, 0.1) is 12.2 Å². The molecule has 0 amide bonds. The number of hydrogen-bond donors (Lipinski definition) is 3. The first-order chi connectivity index (χ1) is 9.85. The van der Waals surface area contributed by atoms with Crippen LogP contribution in [0.15, 0.2) is 34.9 Å². The van der Waals surface area contributed by atoms with E-state index in [1.807, 2.05) is 13.0 Å². The molecule has 0 heterocycles. The Morgan fingerprint density at radius 3 is 2.76 bits per heavy atom. The number of carboxylic acids is 1. The minimum Gasteiger partial charge on any atom is -0.478 e. The van der Waals surface area contributed by atoms with Crippen molar-refractivity contribution in [2.45, 2.75) is 38.4 Å². The molecule has 0 spiro atoms. The number of carboxylic acid groups (broad SMARTS) is 1. The number of rotatable bonds is 1. The second kappa shape index (κ2) is 4.64. The molecular formula is C16H18O5. The van der Waals surface area contributed by atoms with Gasteiger partial charge in [-0.05, 0) is 23.8 Å². The molecule has 112 valence electrons. The zero-order valence-electron chi connectivity index (χ0n) is 11.7. The van der Waals surface area contributed by atoms with Crippen molar-refractivity contribution in [2.24, 2.45) is 11.3 Å². The lowest BCUT2D eigenvalue weighted by atomic mass is 9.57. The van der Waals surface area contributed by atoms with Crippen LogP contribution in [0.1, 0.15) is 26.2 Å². The lowest BCUT2D eigenvalue weighted by molar-refractivity contribution is -0.135. The Hall–Kier alpha value is -1.72. The molecule has 0 saturated carbocycles. The lowest BCUT2D eigenvalue weighted by Gasteiger charge is -2.47. The fourth-order valence-corrected chi connectivity index (χ4v) is 3.92. The number of hydrogen-bond acceptors (Lipinski definition) is 4. The maximum atomic E-state index is 12.1. The molecular weight excluding hydrogens is 272 g/mol. The normalized spacial score (nSPS) is 38.7. The summed E-state index contributed by atoms with van der Waals surface area (Å²) in [7, 11) is 0. The molecule has 5 nitrogen and oxygen atoms in total. The summed E-state index contributed by atoms with van der Waals surface area (Å²) in [4.78, 5) is 23.6. The van der Waals surface area contributed by atoms with E-state index < -0.39 is 29.5 Å². The summed E-state index contributed by atoms with van der Waals surface area (Å²) < 4.78 is 0. The first-order valence-electron chi connectivity index (χ1n) is 7.10. The molecule has 0 aromatic heterocycles. The highest BCUT2D eigenvalue weighted by Gasteiger charge is 2.51. The summed E-state index contributed by atoms with van der Waals surface area (Å²) in [5.41, 5.74) is 0.332. The molecule has 5 heteroatoms. The predicted octanol–water partition coefficient (Wildman–Crippen LogP) is 0.975. The van der Waals surface area contributed by atoms with Crippen LogP contribution in [0.2, 0.25) is 0 Å². The number of fused-ring (bicyclic) bond motifs is 1. The molecule has 0 aromatic carbocycles. The van der Waals surface area contributed by atoms with Crippen molar-refractivity contribution in [3.05, 3.63) is 34.9 Å². The van der Waals surface area contributed by atoms with Crippen LogP contribution in [0.4, 0.5) is 0 Å². The molecule has 0 aromatic rings. The molecule has 0 radical (unpaired) electrons. The Kier molecular flexibility index (Phi) is 3.15. The fourth-order valence-electron chi connectivity index (χ4n) is 3.92. The van der Waals surface area contributed by atoms with Gasteiger partial charge in [-0.15, -0.1) is 0 Å². The molecule has 4 atom stereocenters. The molecule has 0 bridgehead atoms. The van der Waals surface area contributed by atoms with Crippen molar-refractivity contribution in [3.8, 4) is 0 Å². The van der Waals surface area contributed by atoms with Gasteiger partial charge in [-0.1, -0.05) is 25.2 Å². The Morgan fingerprint density at radius 2 is 2.10 bits per heavy atom. The van der Waals surface area contributed by atoms with Gasteiger partial charge in [0.2, 0.25) is 0 Å². The monoisotopic (exact) mass is 290 g/mol. The van der Waals surface area contributed by atoms with Gasteiger partial charge in [0.1, 0.15) is 0 Å². The average Bonchev–Trinajstić information content (AvgIpc) is 2.41. The molecule has 0 fully saturated rings.